The number of hydrogen-bond acceptors (Lipinski definition) is 3. The molecule has 0 saturated heterocycles. The molecule has 5 N–H and O–H groups in total. The standard InChI is InChI=1S/C22H45N3O2/c1-2-3-4-5-6-7-8-9-10-11-12-13-14-18-21(26)25-20(22(24)27)17-15-16-19-23/h20H,2-19,23H2,1H3,(H2,24,27)(H,25,26)/t20-/m0/s1. The van der Waals surface area contributed by atoms with Gasteiger partial charge in [0.1, 0.15) is 6.04 Å². The molecule has 0 aliphatic rings. The van der Waals surface area contributed by atoms with E-state index in [4.69, 9.17) is 11.5 Å². The van der Waals surface area contributed by atoms with Gasteiger partial charge in [-0.2, -0.15) is 0 Å². The molecule has 0 rings (SSSR count). The number of nitrogens with two attached hydrogens (primary N) is 2. The van der Waals surface area contributed by atoms with E-state index in [-0.39, 0.29) is 5.91 Å². The quantitative estimate of drug-likeness (QED) is 0.269. The SMILES string of the molecule is CCCCCCCCCCCCCCCC(=O)N[C@@H](CCCCN)C(N)=O. The summed E-state index contributed by atoms with van der Waals surface area (Å²) in [4.78, 5) is 23.3. The van der Waals surface area contributed by atoms with Gasteiger partial charge in [0.15, 0.2) is 0 Å². The Morgan fingerprint density at radius 2 is 1.22 bits per heavy atom. The molecule has 1 atom stereocenters. The van der Waals surface area contributed by atoms with E-state index in [0.29, 0.717) is 19.4 Å². The monoisotopic (exact) mass is 383 g/mol. The molecule has 5 heteroatoms. The van der Waals surface area contributed by atoms with Crippen molar-refractivity contribution in [2.45, 2.75) is 122 Å². The lowest BCUT2D eigenvalue weighted by atomic mass is 10.0. The van der Waals surface area contributed by atoms with Crippen LogP contribution in [-0.2, 0) is 9.59 Å². The normalized spacial score (nSPS) is 12.1. The maximum absolute atomic E-state index is 11.9. The largest absolute Gasteiger partial charge is 0.368 e. The zero-order valence-electron chi connectivity index (χ0n) is 17.8. The van der Waals surface area contributed by atoms with Gasteiger partial charge in [0.05, 0.1) is 0 Å². The van der Waals surface area contributed by atoms with Gasteiger partial charge in [-0.1, -0.05) is 84.0 Å². The molecule has 0 bridgehead atoms. The molecular weight excluding hydrogens is 338 g/mol. The summed E-state index contributed by atoms with van der Waals surface area (Å²) in [6.45, 7) is 2.85. The molecule has 0 saturated carbocycles. The summed E-state index contributed by atoms with van der Waals surface area (Å²) in [5.74, 6) is -0.514. The number of nitrogens with one attached hydrogen (secondary N) is 1. The van der Waals surface area contributed by atoms with Crippen LogP contribution in [0.15, 0.2) is 0 Å². The van der Waals surface area contributed by atoms with Crippen LogP contribution < -0.4 is 16.8 Å². The van der Waals surface area contributed by atoms with Crippen molar-refractivity contribution >= 4 is 11.8 Å². The van der Waals surface area contributed by atoms with E-state index in [1.165, 1.54) is 70.6 Å². The fraction of sp³-hybridized carbons (Fsp3) is 0.909. The van der Waals surface area contributed by atoms with E-state index in [2.05, 4.69) is 12.2 Å². The van der Waals surface area contributed by atoms with E-state index >= 15 is 0 Å². The van der Waals surface area contributed by atoms with Crippen LogP contribution in [0.1, 0.15) is 116 Å². The van der Waals surface area contributed by atoms with Gasteiger partial charge in [-0.3, -0.25) is 9.59 Å². The van der Waals surface area contributed by atoms with Gasteiger partial charge in [-0.05, 0) is 32.2 Å². The van der Waals surface area contributed by atoms with E-state index in [9.17, 15) is 9.59 Å². The molecule has 0 fully saturated rings. The van der Waals surface area contributed by atoms with Crippen LogP contribution in [0.5, 0.6) is 0 Å². The van der Waals surface area contributed by atoms with Crippen LogP contribution >= 0.6 is 0 Å². The topological polar surface area (TPSA) is 98.2 Å². The number of amides is 2. The fourth-order valence-electron chi connectivity index (χ4n) is 3.35. The van der Waals surface area contributed by atoms with Gasteiger partial charge in [0, 0.05) is 6.42 Å². The number of hydrogen-bond donors (Lipinski definition) is 3. The first-order valence-corrected chi connectivity index (χ1v) is 11.4. The Balaban J connectivity index is 3.47. The summed E-state index contributed by atoms with van der Waals surface area (Å²) >= 11 is 0. The minimum Gasteiger partial charge on any atom is -0.368 e. The second-order valence-corrected chi connectivity index (χ2v) is 7.80. The van der Waals surface area contributed by atoms with Gasteiger partial charge >= 0.3 is 0 Å². The lowest BCUT2D eigenvalue weighted by Crippen LogP contribution is -2.44. The van der Waals surface area contributed by atoms with Crippen molar-refractivity contribution in [1.82, 2.24) is 5.32 Å². The molecule has 0 spiro atoms. The second-order valence-electron chi connectivity index (χ2n) is 7.80. The summed E-state index contributed by atoms with van der Waals surface area (Å²) < 4.78 is 0. The molecule has 160 valence electrons. The third-order valence-corrected chi connectivity index (χ3v) is 5.13. The first kappa shape index (κ1) is 25.9. The van der Waals surface area contributed by atoms with Crippen LogP contribution in [0.25, 0.3) is 0 Å². The van der Waals surface area contributed by atoms with Crippen LogP contribution in [0.3, 0.4) is 0 Å². The van der Waals surface area contributed by atoms with Gasteiger partial charge in [-0.15, -0.1) is 0 Å². The van der Waals surface area contributed by atoms with Crippen molar-refractivity contribution in [2.75, 3.05) is 6.54 Å². The smallest absolute Gasteiger partial charge is 0.239 e. The molecular formula is C22H45N3O2. The zero-order chi connectivity index (χ0) is 20.2. The maximum atomic E-state index is 11.9. The Labute approximate surface area is 167 Å². The molecule has 0 heterocycles. The molecule has 5 nitrogen and oxygen atoms in total. The molecule has 27 heavy (non-hydrogen) atoms. The Morgan fingerprint density at radius 3 is 1.67 bits per heavy atom. The molecule has 0 unspecified atom stereocenters. The predicted octanol–water partition coefficient (Wildman–Crippen LogP) is 4.57. The van der Waals surface area contributed by atoms with Crippen molar-refractivity contribution < 1.29 is 9.59 Å². The highest BCUT2D eigenvalue weighted by molar-refractivity contribution is 5.86. The highest BCUT2D eigenvalue weighted by Crippen LogP contribution is 2.13. The second kappa shape index (κ2) is 19.7. The molecule has 0 aromatic carbocycles. The minimum atomic E-state index is -0.550. The number of unbranched alkanes of at least 4 members (excludes halogenated alkanes) is 13. The van der Waals surface area contributed by atoms with Crippen molar-refractivity contribution in [3.63, 3.8) is 0 Å². The minimum absolute atomic E-state index is 0.0605. The van der Waals surface area contributed by atoms with E-state index in [1.54, 1.807) is 0 Å². The van der Waals surface area contributed by atoms with E-state index in [0.717, 1.165) is 25.7 Å². The number of carbonyl (C=O) groups excluding carboxylic acids is 2. The van der Waals surface area contributed by atoms with E-state index in [1.807, 2.05) is 0 Å². The summed E-state index contributed by atoms with van der Waals surface area (Å²) in [6, 6.07) is -0.550. The van der Waals surface area contributed by atoms with E-state index < -0.39 is 11.9 Å². The molecule has 2 amide bonds. The summed E-state index contributed by atoms with van der Waals surface area (Å²) in [5.41, 5.74) is 10.8. The highest BCUT2D eigenvalue weighted by Gasteiger charge is 2.16. The van der Waals surface area contributed by atoms with Crippen LogP contribution in [0.4, 0.5) is 0 Å². The zero-order valence-corrected chi connectivity index (χ0v) is 17.8. The molecule has 0 aromatic rings. The van der Waals surface area contributed by atoms with Gasteiger partial charge in [0.25, 0.3) is 0 Å². The molecule has 0 aliphatic heterocycles. The van der Waals surface area contributed by atoms with Gasteiger partial charge in [0.2, 0.25) is 11.8 Å². The van der Waals surface area contributed by atoms with Gasteiger partial charge in [-0.25, -0.2) is 0 Å². The first-order chi connectivity index (χ1) is 13.1. The number of carbonyl (C=O) groups is 2. The fourth-order valence-corrected chi connectivity index (χ4v) is 3.35. The van der Waals surface area contributed by atoms with Crippen molar-refractivity contribution in [3.8, 4) is 0 Å². The average Bonchev–Trinajstić information content (AvgIpc) is 2.64. The van der Waals surface area contributed by atoms with Crippen molar-refractivity contribution in [1.29, 1.82) is 0 Å². The first-order valence-electron chi connectivity index (χ1n) is 11.4. The van der Waals surface area contributed by atoms with Crippen LogP contribution in [0.2, 0.25) is 0 Å². The Hall–Kier alpha value is -1.10. The summed E-state index contributed by atoms with van der Waals surface area (Å²) in [6.07, 6.45) is 19.5. The van der Waals surface area contributed by atoms with Crippen molar-refractivity contribution in [2.24, 2.45) is 11.5 Å². The number of rotatable bonds is 20. The number of primary amides is 1. The van der Waals surface area contributed by atoms with Gasteiger partial charge < -0.3 is 16.8 Å². The third kappa shape index (κ3) is 18.0. The molecule has 0 aliphatic carbocycles. The summed E-state index contributed by atoms with van der Waals surface area (Å²) in [7, 11) is 0. The average molecular weight is 384 g/mol. The van der Waals surface area contributed by atoms with Crippen molar-refractivity contribution in [3.05, 3.63) is 0 Å². The maximum Gasteiger partial charge on any atom is 0.239 e. The predicted molar refractivity (Wildman–Crippen MR) is 114 cm³/mol. The lowest BCUT2D eigenvalue weighted by Gasteiger charge is -2.15. The third-order valence-electron chi connectivity index (χ3n) is 5.13. The van der Waals surface area contributed by atoms with Crippen LogP contribution in [0, 0.1) is 0 Å². The van der Waals surface area contributed by atoms with Crippen LogP contribution in [-0.4, -0.2) is 24.4 Å². The lowest BCUT2D eigenvalue weighted by molar-refractivity contribution is -0.127. The Kier molecular flexibility index (Phi) is 18.9. The summed E-state index contributed by atoms with van der Waals surface area (Å²) in [5, 5.41) is 2.76. The highest BCUT2D eigenvalue weighted by atomic mass is 16.2. The molecule has 0 aromatic heterocycles. The molecule has 0 radical (unpaired) electrons. The Bertz CT molecular complexity index is 361. The Morgan fingerprint density at radius 1 is 0.741 bits per heavy atom.